The molecule has 0 saturated heterocycles. The maximum atomic E-state index is 12.2. The normalized spacial score (nSPS) is 23.6. The lowest BCUT2D eigenvalue weighted by molar-refractivity contribution is -0.0301. The summed E-state index contributed by atoms with van der Waals surface area (Å²) in [7, 11) is 0. The van der Waals surface area contributed by atoms with Gasteiger partial charge in [0.2, 0.25) is 0 Å². The highest BCUT2D eigenvalue weighted by Gasteiger charge is 2.43. The monoisotopic (exact) mass is 234 g/mol. The number of Topliss-reactive ketones (excluding diaryl/α,β-unsaturated/α-hetero) is 2. The van der Waals surface area contributed by atoms with Crippen LogP contribution in [0, 0.1) is 0 Å². The molecule has 17 heavy (non-hydrogen) atoms. The molecule has 1 atom stereocenters. The van der Waals surface area contributed by atoms with E-state index in [4.69, 9.17) is 9.84 Å². The van der Waals surface area contributed by atoms with Gasteiger partial charge in [-0.1, -0.05) is 24.3 Å². The molecule has 2 rings (SSSR count). The van der Waals surface area contributed by atoms with Crippen molar-refractivity contribution in [2.24, 2.45) is 0 Å². The van der Waals surface area contributed by atoms with Gasteiger partial charge in [0, 0.05) is 17.5 Å². The maximum Gasteiger partial charge on any atom is 0.195 e. The van der Waals surface area contributed by atoms with Gasteiger partial charge in [0.1, 0.15) is 5.60 Å². The van der Waals surface area contributed by atoms with Crippen LogP contribution in [0.15, 0.2) is 24.3 Å². The van der Waals surface area contributed by atoms with E-state index in [0.717, 1.165) is 0 Å². The average Bonchev–Trinajstić information content (AvgIpc) is 2.34. The van der Waals surface area contributed by atoms with E-state index in [1.54, 1.807) is 31.2 Å². The average molecular weight is 234 g/mol. The smallest absolute Gasteiger partial charge is 0.195 e. The molecule has 1 N–H and O–H groups in total. The first kappa shape index (κ1) is 12.0. The third kappa shape index (κ3) is 2.01. The van der Waals surface area contributed by atoms with E-state index in [-0.39, 0.29) is 31.2 Å². The van der Waals surface area contributed by atoms with Crippen molar-refractivity contribution < 1.29 is 19.4 Å². The molecule has 90 valence electrons. The van der Waals surface area contributed by atoms with Crippen molar-refractivity contribution in [1.82, 2.24) is 0 Å². The Morgan fingerprint density at radius 1 is 1.29 bits per heavy atom. The Hall–Kier alpha value is -1.52. The second-order valence-electron chi connectivity index (χ2n) is 4.28. The van der Waals surface area contributed by atoms with Gasteiger partial charge in [0.05, 0.1) is 13.2 Å². The van der Waals surface area contributed by atoms with Crippen molar-refractivity contribution in [3.05, 3.63) is 35.4 Å². The first-order valence-electron chi connectivity index (χ1n) is 5.50. The predicted molar refractivity (Wildman–Crippen MR) is 61.2 cm³/mol. The molecule has 0 aromatic heterocycles. The molecule has 0 radical (unpaired) electrons. The molecule has 0 bridgehead atoms. The zero-order chi connectivity index (χ0) is 12.5. The molecule has 0 heterocycles. The van der Waals surface area contributed by atoms with Gasteiger partial charge in [-0.25, -0.2) is 0 Å². The highest BCUT2D eigenvalue weighted by Crippen LogP contribution is 2.31. The lowest BCUT2D eigenvalue weighted by Crippen LogP contribution is -2.45. The van der Waals surface area contributed by atoms with Crippen LogP contribution in [0.4, 0.5) is 0 Å². The summed E-state index contributed by atoms with van der Waals surface area (Å²) in [5.41, 5.74) is -0.277. The highest BCUT2D eigenvalue weighted by atomic mass is 16.5. The fourth-order valence-corrected chi connectivity index (χ4v) is 2.08. The van der Waals surface area contributed by atoms with Gasteiger partial charge in [0.15, 0.2) is 11.6 Å². The van der Waals surface area contributed by atoms with E-state index < -0.39 is 5.60 Å². The largest absolute Gasteiger partial charge is 0.394 e. The van der Waals surface area contributed by atoms with Crippen molar-refractivity contribution in [2.45, 2.75) is 18.9 Å². The van der Waals surface area contributed by atoms with Crippen molar-refractivity contribution >= 4 is 11.6 Å². The van der Waals surface area contributed by atoms with Crippen LogP contribution in [0.2, 0.25) is 0 Å². The lowest BCUT2D eigenvalue weighted by atomic mass is 9.79. The second kappa shape index (κ2) is 4.39. The minimum Gasteiger partial charge on any atom is -0.394 e. The van der Waals surface area contributed by atoms with Crippen LogP contribution in [0.3, 0.4) is 0 Å². The quantitative estimate of drug-likeness (QED) is 0.854. The summed E-state index contributed by atoms with van der Waals surface area (Å²) >= 11 is 0. The topological polar surface area (TPSA) is 63.6 Å². The number of carbonyl (C=O) groups is 2. The van der Waals surface area contributed by atoms with E-state index in [2.05, 4.69) is 0 Å². The number of ether oxygens (including phenoxy) is 1. The third-order valence-electron chi connectivity index (χ3n) is 2.96. The number of carbonyl (C=O) groups excluding carboxylic acids is 2. The Bertz CT molecular complexity index is 466. The molecule has 4 heteroatoms. The number of benzene rings is 1. The summed E-state index contributed by atoms with van der Waals surface area (Å²) in [6.45, 7) is 1.48. The standard InChI is InChI=1S/C13H14O4/c1-13(17-7-6-14)8-11(15)9-4-2-3-5-10(9)12(13)16/h2-5,14H,6-8H2,1H3. The molecule has 1 aromatic carbocycles. The van der Waals surface area contributed by atoms with E-state index in [1.165, 1.54) is 0 Å². The van der Waals surface area contributed by atoms with E-state index in [9.17, 15) is 9.59 Å². The first-order chi connectivity index (χ1) is 8.08. The van der Waals surface area contributed by atoms with Crippen LogP contribution in [-0.2, 0) is 4.74 Å². The summed E-state index contributed by atoms with van der Waals surface area (Å²) in [6, 6.07) is 6.75. The van der Waals surface area contributed by atoms with Crippen molar-refractivity contribution in [2.75, 3.05) is 13.2 Å². The van der Waals surface area contributed by atoms with Crippen molar-refractivity contribution in [1.29, 1.82) is 0 Å². The molecular formula is C13H14O4. The fourth-order valence-electron chi connectivity index (χ4n) is 2.08. The summed E-state index contributed by atoms with van der Waals surface area (Å²) in [6.07, 6.45) is 0.0306. The van der Waals surface area contributed by atoms with Crippen molar-refractivity contribution in [3.8, 4) is 0 Å². The van der Waals surface area contributed by atoms with Crippen LogP contribution in [0.25, 0.3) is 0 Å². The number of hydrogen-bond donors (Lipinski definition) is 1. The Labute approximate surface area is 99.2 Å². The Morgan fingerprint density at radius 2 is 1.94 bits per heavy atom. The number of aliphatic hydroxyl groups is 1. The Morgan fingerprint density at radius 3 is 2.59 bits per heavy atom. The summed E-state index contributed by atoms with van der Waals surface area (Å²) in [5, 5.41) is 8.74. The van der Waals surface area contributed by atoms with Crippen LogP contribution >= 0.6 is 0 Å². The van der Waals surface area contributed by atoms with Gasteiger partial charge in [-0.2, -0.15) is 0 Å². The molecule has 1 unspecified atom stereocenters. The summed E-state index contributed by atoms with van der Waals surface area (Å²) in [5.74, 6) is -0.290. The Kier molecular flexibility index (Phi) is 3.09. The number of aliphatic hydroxyl groups excluding tert-OH is 1. The molecule has 1 aliphatic rings. The SMILES string of the molecule is CC1(OCCO)CC(=O)c2ccccc2C1=O. The maximum absolute atomic E-state index is 12.2. The molecule has 0 fully saturated rings. The minimum atomic E-state index is -1.14. The lowest BCUT2D eigenvalue weighted by Gasteiger charge is -2.32. The van der Waals surface area contributed by atoms with E-state index in [0.29, 0.717) is 11.1 Å². The number of rotatable bonds is 3. The zero-order valence-electron chi connectivity index (χ0n) is 9.60. The predicted octanol–water partition coefficient (Wildman–Crippen LogP) is 1.22. The molecule has 0 amide bonds. The third-order valence-corrected chi connectivity index (χ3v) is 2.96. The van der Waals surface area contributed by atoms with Crippen LogP contribution in [0.5, 0.6) is 0 Å². The molecule has 0 saturated carbocycles. The van der Waals surface area contributed by atoms with Gasteiger partial charge in [-0.05, 0) is 6.92 Å². The fraction of sp³-hybridized carbons (Fsp3) is 0.385. The molecule has 0 aliphatic heterocycles. The molecule has 0 spiro atoms. The van der Waals surface area contributed by atoms with Crippen LogP contribution in [-0.4, -0.2) is 35.5 Å². The van der Waals surface area contributed by atoms with E-state index >= 15 is 0 Å². The number of ketones is 2. The Balaban J connectivity index is 2.39. The summed E-state index contributed by atoms with van der Waals surface area (Å²) in [4.78, 5) is 24.1. The molecule has 4 nitrogen and oxygen atoms in total. The van der Waals surface area contributed by atoms with Crippen molar-refractivity contribution in [3.63, 3.8) is 0 Å². The summed E-state index contributed by atoms with van der Waals surface area (Å²) < 4.78 is 5.34. The van der Waals surface area contributed by atoms with Gasteiger partial charge in [-0.15, -0.1) is 0 Å². The van der Waals surface area contributed by atoms with Gasteiger partial charge >= 0.3 is 0 Å². The van der Waals surface area contributed by atoms with Gasteiger partial charge in [0.25, 0.3) is 0 Å². The second-order valence-corrected chi connectivity index (χ2v) is 4.28. The highest BCUT2D eigenvalue weighted by molar-refractivity contribution is 6.17. The minimum absolute atomic E-state index is 0.0306. The van der Waals surface area contributed by atoms with Gasteiger partial charge < -0.3 is 9.84 Å². The number of hydrogen-bond acceptors (Lipinski definition) is 4. The first-order valence-corrected chi connectivity index (χ1v) is 5.50. The molecule has 1 aliphatic carbocycles. The molecule has 1 aromatic rings. The van der Waals surface area contributed by atoms with Crippen LogP contribution < -0.4 is 0 Å². The van der Waals surface area contributed by atoms with E-state index in [1.807, 2.05) is 0 Å². The van der Waals surface area contributed by atoms with Crippen LogP contribution in [0.1, 0.15) is 34.1 Å². The van der Waals surface area contributed by atoms with Gasteiger partial charge in [-0.3, -0.25) is 9.59 Å². The zero-order valence-corrected chi connectivity index (χ0v) is 9.60. The number of fused-ring (bicyclic) bond motifs is 1. The molecular weight excluding hydrogens is 220 g/mol.